The molecule has 29 heavy (non-hydrogen) atoms. The molecule has 0 radical (unpaired) electrons. The molecule has 1 aromatic heterocycles. The Bertz CT molecular complexity index is 999. The lowest BCUT2D eigenvalue weighted by Crippen LogP contribution is -2.17. The summed E-state index contributed by atoms with van der Waals surface area (Å²) in [5.41, 5.74) is 2.80. The van der Waals surface area contributed by atoms with Crippen molar-refractivity contribution in [3.8, 4) is 5.75 Å². The molecule has 0 saturated heterocycles. The predicted octanol–water partition coefficient (Wildman–Crippen LogP) is 3.66. The number of methoxy groups -OCH3 is 1. The number of nitrogens with one attached hydrogen (secondary N) is 2. The third-order valence-corrected chi connectivity index (χ3v) is 4.24. The van der Waals surface area contributed by atoms with Gasteiger partial charge >= 0.3 is 0 Å². The van der Waals surface area contributed by atoms with Crippen molar-refractivity contribution < 1.29 is 14.3 Å². The van der Waals surface area contributed by atoms with Crippen LogP contribution in [0.2, 0.25) is 0 Å². The first-order valence-electron chi connectivity index (χ1n) is 8.96. The maximum Gasteiger partial charge on any atom is 0.274 e. The number of aromatic nitrogens is 1. The van der Waals surface area contributed by atoms with E-state index in [-0.39, 0.29) is 11.6 Å². The van der Waals surface area contributed by atoms with Crippen molar-refractivity contribution in [3.05, 3.63) is 78.1 Å². The average molecular weight is 390 g/mol. The zero-order chi connectivity index (χ0) is 20.8. The largest absolute Gasteiger partial charge is 0.497 e. The Hall–Kier alpha value is -3.87. The molecule has 0 saturated carbocycles. The van der Waals surface area contributed by atoms with Crippen molar-refractivity contribution in [1.29, 1.82) is 0 Å². The number of benzene rings is 2. The molecule has 1 heterocycles. The standard InChI is InChI=1S/C22H22N4O3/c1-26(2)18-8-4-16(5-9-18)24-21(27)15-12-13-23-20(14-15)22(28)25-17-6-10-19(29-3)11-7-17/h4-14H,1-3H3,(H,24,27)(H,25,28). The SMILES string of the molecule is COc1ccc(NC(=O)c2cc(C(=O)Nc3ccc(N(C)C)cc3)ccn2)cc1. The number of hydrogen-bond donors (Lipinski definition) is 2. The van der Waals surface area contributed by atoms with Gasteiger partial charge in [0.05, 0.1) is 7.11 Å². The lowest BCUT2D eigenvalue weighted by Gasteiger charge is -2.13. The molecule has 2 amide bonds. The Morgan fingerprint density at radius 1 is 0.862 bits per heavy atom. The second-order valence-corrected chi connectivity index (χ2v) is 6.51. The van der Waals surface area contributed by atoms with Crippen LogP contribution in [-0.2, 0) is 0 Å². The molecular weight excluding hydrogens is 368 g/mol. The molecule has 0 fully saturated rings. The van der Waals surface area contributed by atoms with Crippen LogP contribution in [0.25, 0.3) is 0 Å². The molecule has 0 unspecified atom stereocenters. The molecule has 2 N–H and O–H groups in total. The third kappa shape index (κ3) is 5.10. The lowest BCUT2D eigenvalue weighted by molar-refractivity contribution is 0.102. The van der Waals surface area contributed by atoms with Gasteiger partial charge in [0.1, 0.15) is 11.4 Å². The molecule has 3 aromatic rings. The van der Waals surface area contributed by atoms with E-state index in [9.17, 15) is 9.59 Å². The number of ether oxygens (including phenoxy) is 1. The minimum absolute atomic E-state index is 0.149. The van der Waals surface area contributed by atoms with Gasteiger partial charge in [-0.1, -0.05) is 0 Å². The Labute approximate surface area is 169 Å². The summed E-state index contributed by atoms with van der Waals surface area (Å²) in [5, 5.41) is 5.57. The first-order valence-corrected chi connectivity index (χ1v) is 8.96. The van der Waals surface area contributed by atoms with E-state index in [0.717, 1.165) is 5.69 Å². The first-order chi connectivity index (χ1) is 14.0. The number of carbonyl (C=O) groups excluding carboxylic acids is 2. The van der Waals surface area contributed by atoms with E-state index in [4.69, 9.17) is 4.74 Å². The highest BCUT2D eigenvalue weighted by Crippen LogP contribution is 2.18. The topological polar surface area (TPSA) is 83.6 Å². The van der Waals surface area contributed by atoms with Crippen LogP contribution in [0, 0.1) is 0 Å². The summed E-state index contributed by atoms with van der Waals surface area (Å²) in [6.45, 7) is 0. The number of carbonyl (C=O) groups is 2. The van der Waals surface area contributed by atoms with Gasteiger partial charge in [-0.15, -0.1) is 0 Å². The number of anilines is 3. The molecule has 0 atom stereocenters. The van der Waals surface area contributed by atoms with Crippen molar-refractivity contribution in [2.24, 2.45) is 0 Å². The first kappa shape index (κ1) is 19.9. The molecule has 2 aromatic carbocycles. The maximum atomic E-state index is 12.5. The predicted molar refractivity (Wildman–Crippen MR) is 114 cm³/mol. The van der Waals surface area contributed by atoms with Crippen molar-refractivity contribution in [1.82, 2.24) is 4.98 Å². The molecule has 0 spiro atoms. The van der Waals surface area contributed by atoms with Crippen molar-refractivity contribution in [2.75, 3.05) is 36.7 Å². The number of rotatable bonds is 6. The molecule has 7 heteroatoms. The molecule has 148 valence electrons. The number of pyridine rings is 1. The zero-order valence-electron chi connectivity index (χ0n) is 16.5. The van der Waals surface area contributed by atoms with Gasteiger partial charge < -0.3 is 20.3 Å². The summed E-state index contributed by atoms with van der Waals surface area (Å²) in [6.07, 6.45) is 1.44. The molecule has 0 aliphatic carbocycles. The summed E-state index contributed by atoms with van der Waals surface area (Å²) in [6, 6.07) is 17.4. The molecule has 0 aliphatic rings. The van der Waals surface area contributed by atoms with Crippen LogP contribution in [-0.4, -0.2) is 38.0 Å². The molecule has 7 nitrogen and oxygen atoms in total. The number of amides is 2. The molecular formula is C22H22N4O3. The van der Waals surface area contributed by atoms with Crippen LogP contribution in [0.4, 0.5) is 17.1 Å². The molecule has 0 bridgehead atoms. The minimum atomic E-state index is -0.403. The van der Waals surface area contributed by atoms with Gasteiger partial charge in [0.2, 0.25) is 0 Å². The fraction of sp³-hybridized carbons (Fsp3) is 0.136. The number of hydrogen-bond acceptors (Lipinski definition) is 5. The van der Waals surface area contributed by atoms with Crippen LogP contribution >= 0.6 is 0 Å². The van der Waals surface area contributed by atoms with Crippen molar-refractivity contribution in [2.45, 2.75) is 0 Å². The van der Waals surface area contributed by atoms with Gasteiger partial charge in [0.15, 0.2) is 0 Å². The van der Waals surface area contributed by atoms with Gasteiger partial charge in [-0.05, 0) is 60.7 Å². The number of nitrogens with zero attached hydrogens (tertiary/aromatic N) is 2. The van der Waals surface area contributed by atoms with Crippen molar-refractivity contribution >= 4 is 28.9 Å². The van der Waals surface area contributed by atoms with Gasteiger partial charge in [0.25, 0.3) is 11.8 Å². The fourth-order valence-corrected chi connectivity index (χ4v) is 2.61. The Balaban J connectivity index is 1.68. The highest BCUT2D eigenvalue weighted by atomic mass is 16.5. The van der Waals surface area contributed by atoms with Crippen LogP contribution in [0.1, 0.15) is 20.8 Å². The third-order valence-electron chi connectivity index (χ3n) is 4.24. The Kier molecular flexibility index (Phi) is 6.09. The van der Waals surface area contributed by atoms with Crippen LogP contribution < -0.4 is 20.3 Å². The van der Waals surface area contributed by atoms with Gasteiger partial charge in [-0.25, -0.2) is 0 Å². The monoisotopic (exact) mass is 390 g/mol. The average Bonchev–Trinajstić information content (AvgIpc) is 2.74. The summed E-state index contributed by atoms with van der Waals surface area (Å²) < 4.78 is 5.10. The maximum absolute atomic E-state index is 12.5. The van der Waals surface area contributed by atoms with Crippen LogP contribution in [0.5, 0.6) is 5.75 Å². The fourth-order valence-electron chi connectivity index (χ4n) is 2.61. The summed E-state index contributed by atoms with van der Waals surface area (Å²) in [4.78, 5) is 31.0. The Morgan fingerprint density at radius 2 is 1.45 bits per heavy atom. The van der Waals surface area contributed by atoms with E-state index in [1.807, 2.05) is 43.3 Å². The van der Waals surface area contributed by atoms with Gasteiger partial charge in [-0.3, -0.25) is 14.6 Å². The van der Waals surface area contributed by atoms with E-state index in [0.29, 0.717) is 22.7 Å². The summed E-state index contributed by atoms with van der Waals surface area (Å²) in [7, 11) is 5.47. The minimum Gasteiger partial charge on any atom is -0.497 e. The van der Waals surface area contributed by atoms with Crippen LogP contribution in [0.15, 0.2) is 66.9 Å². The lowest BCUT2D eigenvalue weighted by atomic mass is 10.2. The van der Waals surface area contributed by atoms with Gasteiger partial charge in [-0.2, -0.15) is 0 Å². The molecule has 0 aliphatic heterocycles. The van der Waals surface area contributed by atoms with E-state index in [2.05, 4.69) is 15.6 Å². The highest BCUT2D eigenvalue weighted by molar-refractivity contribution is 6.07. The zero-order valence-corrected chi connectivity index (χ0v) is 16.5. The van der Waals surface area contributed by atoms with E-state index >= 15 is 0 Å². The van der Waals surface area contributed by atoms with E-state index in [1.54, 1.807) is 37.4 Å². The van der Waals surface area contributed by atoms with E-state index in [1.165, 1.54) is 12.3 Å². The quantitative estimate of drug-likeness (QED) is 0.671. The smallest absolute Gasteiger partial charge is 0.274 e. The normalized spacial score (nSPS) is 10.2. The van der Waals surface area contributed by atoms with E-state index < -0.39 is 5.91 Å². The van der Waals surface area contributed by atoms with Crippen molar-refractivity contribution in [3.63, 3.8) is 0 Å². The summed E-state index contributed by atoms with van der Waals surface area (Å²) >= 11 is 0. The second kappa shape index (κ2) is 8.88. The van der Waals surface area contributed by atoms with Gasteiger partial charge in [0, 0.05) is 42.9 Å². The van der Waals surface area contributed by atoms with Crippen LogP contribution in [0.3, 0.4) is 0 Å². The summed E-state index contributed by atoms with van der Waals surface area (Å²) in [5.74, 6) is -0.0259. The second-order valence-electron chi connectivity index (χ2n) is 6.51. The highest BCUT2D eigenvalue weighted by Gasteiger charge is 2.13. The Morgan fingerprint density at radius 3 is 2.03 bits per heavy atom. The molecule has 3 rings (SSSR count).